The van der Waals surface area contributed by atoms with Crippen molar-refractivity contribution in [2.75, 3.05) is 5.88 Å². The molecule has 1 N–H and O–H groups in total. The van der Waals surface area contributed by atoms with Gasteiger partial charge in [0, 0.05) is 16.8 Å². The maximum absolute atomic E-state index is 13.3. The van der Waals surface area contributed by atoms with Gasteiger partial charge in [-0.25, -0.2) is 4.39 Å². The summed E-state index contributed by atoms with van der Waals surface area (Å²) < 4.78 is 14.1. The van der Waals surface area contributed by atoms with E-state index < -0.39 is 6.10 Å². The van der Waals surface area contributed by atoms with E-state index in [9.17, 15) is 9.50 Å². The van der Waals surface area contributed by atoms with E-state index in [1.807, 2.05) is 0 Å². The number of aliphatic hydroxyl groups is 1. The van der Waals surface area contributed by atoms with Crippen LogP contribution in [0.2, 0.25) is 0 Å². The van der Waals surface area contributed by atoms with E-state index in [2.05, 4.69) is 15.9 Å². The van der Waals surface area contributed by atoms with Gasteiger partial charge in [-0.3, -0.25) is 0 Å². The van der Waals surface area contributed by atoms with Crippen LogP contribution in [0, 0.1) is 5.82 Å². The number of alkyl halides is 1. The van der Waals surface area contributed by atoms with Gasteiger partial charge in [0.2, 0.25) is 0 Å². The monoisotopic (exact) mass is 294 g/mol. The minimum absolute atomic E-state index is 0.275. The molecular formula is C11H13BrClFO. The van der Waals surface area contributed by atoms with Crippen LogP contribution in [-0.2, 0) is 6.42 Å². The predicted molar refractivity (Wildman–Crippen MR) is 63.8 cm³/mol. The number of hydrogen-bond donors (Lipinski definition) is 1. The van der Waals surface area contributed by atoms with Crippen molar-refractivity contribution in [2.24, 2.45) is 0 Å². The zero-order chi connectivity index (χ0) is 11.3. The molecule has 0 spiro atoms. The molecule has 1 aromatic carbocycles. The molecule has 1 unspecified atom stereocenters. The summed E-state index contributed by atoms with van der Waals surface area (Å²) in [7, 11) is 0. The van der Waals surface area contributed by atoms with E-state index in [-0.39, 0.29) is 5.82 Å². The number of benzene rings is 1. The fourth-order valence-electron chi connectivity index (χ4n) is 1.37. The van der Waals surface area contributed by atoms with Crippen LogP contribution in [0.25, 0.3) is 0 Å². The molecule has 4 heteroatoms. The van der Waals surface area contributed by atoms with Crippen molar-refractivity contribution in [1.82, 2.24) is 0 Å². The summed E-state index contributed by atoms with van der Waals surface area (Å²) in [4.78, 5) is 0. The predicted octanol–water partition coefficient (Wildman–Crippen LogP) is 3.51. The lowest BCUT2D eigenvalue weighted by Gasteiger charge is -2.10. The number of rotatable bonds is 5. The van der Waals surface area contributed by atoms with Crippen LogP contribution in [0.15, 0.2) is 22.7 Å². The second-order valence-corrected chi connectivity index (χ2v) is 4.72. The van der Waals surface area contributed by atoms with Gasteiger partial charge in [-0.1, -0.05) is 15.9 Å². The first-order valence-corrected chi connectivity index (χ1v) is 6.14. The average molecular weight is 296 g/mol. The molecule has 0 saturated heterocycles. The van der Waals surface area contributed by atoms with Gasteiger partial charge in [0.1, 0.15) is 5.82 Å². The van der Waals surface area contributed by atoms with Gasteiger partial charge in [-0.05, 0) is 36.6 Å². The lowest BCUT2D eigenvalue weighted by atomic mass is 10.0. The summed E-state index contributed by atoms with van der Waals surface area (Å²) in [6.07, 6.45) is 1.17. The Morgan fingerprint density at radius 3 is 2.87 bits per heavy atom. The van der Waals surface area contributed by atoms with Gasteiger partial charge >= 0.3 is 0 Å². The normalized spacial score (nSPS) is 12.8. The molecule has 0 aromatic heterocycles. The minimum Gasteiger partial charge on any atom is -0.393 e. The molecule has 0 bridgehead atoms. The van der Waals surface area contributed by atoms with Gasteiger partial charge in [0.05, 0.1) is 6.10 Å². The van der Waals surface area contributed by atoms with Crippen molar-refractivity contribution in [3.05, 3.63) is 34.1 Å². The second-order valence-electron chi connectivity index (χ2n) is 3.42. The zero-order valence-electron chi connectivity index (χ0n) is 8.22. The minimum atomic E-state index is -0.521. The highest BCUT2D eigenvalue weighted by atomic mass is 79.9. The van der Waals surface area contributed by atoms with Crippen LogP contribution in [-0.4, -0.2) is 17.1 Å². The average Bonchev–Trinajstić information content (AvgIpc) is 2.20. The summed E-state index contributed by atoms with van der Waals surface area (Å²) in [5, 5.41) is 9.61. The zero-order valence-corrected chi connectivity index (χ0v) is 10.6. The quantitative estimate of drug-likeness (QED) is 0.824. The molecule has 84 valence electrons. The molecule has 0 saturated carbocycles. The molecule has 0 aliphatic carbocycles. The van der Waals surface area contributed by atoms with Crippen molar-refractivity contribution < 1.29 is 9.50 Å². The van der Waals surface area contributed by atoms with E-state index in [4.69, 9.17) is 11.6 Å². The Hall–Kier alpha value is -0.120. The molecule has 1 rings (SSSR count). The Morgan fingerprint density at radius 1 is 1.47 bits per heavy atom. The van der Waals surface area contributed by atoms with Gasteiger partial charge in [-0.15, -0.1) is 11.6 Å². The molecule has 0 amide bonds. The van der Waals surface area contributed by atoms with Crippen LogP contribution in [0.5, 0.6) is 0 Å². The Bertz CT molecular complexity index is 319. The van der Waals surface area contributed by atoms with Gasteiger partial charge in [0.15, 0.2) is 0 Å². The fraction of sp³-hybridized carbons (Fsp3) is 0.455. The van der Waals surface area contributed by atoms with Crippen molar-refractivity contribution >= 4 is 27.5 Å². The standard InChI is InChI=1S/C11H13BrClFO/c12-9-3-4-11(14)8(6-9)7-10(15)2-1-5-13/h3-4,6,10,15H,1-2,5,7H2. The molecule has 0 radical (unpaired) electrons. The Labute approximate surface area is 102 Å². The summed E-state index contributed by atoms with van der Waals surface area (Å²) in [5.41, 5.74) is 0.534. The molecule has 0 fully saturated rings. The third kappa shape index (κ3) is 4.49. The van der Waals surface area contributed by atoms with Gasteiger partial charge in [0.25, 0.3) is 0 Å². The SMILES string of the molecule is OC(CCCCl)Cc1cc(Br)ccc1F. The fourth-order valence-corrected chi connectivity index (χ4v) is 1.93. The first-order chi connectivity index (χ1) is 7.13. The Balaban J connectivity index is 2.59. The highest BCUT2D eigenvalue weighted by Gasteiger charge is 2.09. The van der Waals surface area contributed by atoms with Crippen LogP contribution >= 0.6 is 27.5 Å². The van der Waals surface area contributed by atoms with Crippen LogP contribution in [0.1, 0.15) is 18.4 Å². The molecule has 1 atom stereocenters. The molecule has 0 aliphatic rings. The smallest absolute Gasteiger partial charge is 0.126 e. The van der Waals surface area contributed by atoms with E-state index in [0.29, 0.717) is 24.3 Å². The Kier molecular flexibility index (Phi) is 5.58. The van der Waals surface area contributed by atoms with Crippen molar-refractivity contribution in [3.63, 3.8) is 0 Å². The third-order valence-corrected chi connectivity index (χ3v) is 2.89. The van der Waals surface area contributed by atoms with Gasteiger partial charge in [-0.2, -0.15) is 0 Å². The maximum atomic E-state index is 13.3. The highest BCUT2D eigenvalue weighted by molar-refractivity contribution is 9.10. The number of halogens is 3. The van der Waals surface area contributed by atoms with Crippen LogP contribution < -0.4 is 0 Å². The van der Waals surface area contributed by atoms with Crippen molar-refractivity contribution in [1.29, 1.82) is 0 Å². The first kappa shape index (κ1) is 12.9. The summed E-state index contributed by atoms with van der Waals surface area (Å²) in [6.45, 7) is 0. The third-order valence-electron chi connectivity index (χ3n) is 2.13. The molecule has 1 nitrogen and oxygen atoms in total. The number of hydrogen-bond acceptors (Lipinski definition) is 1. The summed E-state index contributed by atoms with van der Waals surface area (Å²) in [5.74, 6) is 0.251. The first-order valence-electron chi connectivity index (χ1n) is 4.81. The van der Waals surface area contributed by atoms with Crippen LogP contribution in [0.4, 0.5) is 4.39 Å². The second kappa shape index (κ2) is 6.46. The van der Waals surface area contributed by atoms with Crippen molar-refractivity contribution in [2.45, 2.75) is 25.4 Å². The molecule has 0 aliphatic heterocycles. The molecule has 15 heavy (non-hydrogen) atoms. The van der Waals surface area contributed by atoms with E-state index in [1.165, 1.54) is 6.07 Å². The van der Waals surface area contributed by atoms with E-state index in [0.717, 1.165) is 10.9 Å². The molecule has 1 aromatic rings. The highest BCUT2D eigenvalue weighted by Crippen LogP contribution is 2.18. The van der Waals surface area contributed by atoms with Crippen molar-refractivity contribution in [3.8, 4) is 0 Å². The lowest BCUT2D eigenvalue weighted by molar-refractivity contribution is 0.163. The van der Waals surface area contributed by atoms with E-state index >= 15 is 0 Å². The maximum Gasteiger partial charge on any atom is 0.126 e. The molecular weight excluding hydrogens is 282 g/mol. The molecule has 0 heterocycles. The topological polar surface area (TPSA) is 20.2 Å². The summed E-state index contributed by atoms with van der Waals surface area (Å²) in [6, 6.07) is 4.73. The van der Waals surface area contributed by atoms with Crippen LogP contribution in [0.3, 0.4) is 0 Å². The lowest BCUT2D eigenvalue weighted by Crippen LogP contribution is -2.11. The van der Waals surface area contributed by atoms with E-state index in [1.54, 1.807) is 12.1 Å². The largest absolute Gasteiger partial charge is 0.393 e. The summed E-state index contributed by atoms with van der Waals surface area (Å²) >= 11 is 8.78. The Morgan fingerprint density at radius 2 is 2.20 bits per heavy atom. The van der Waals surface area contributed by atoms with Gasteiger partial charge < -0.3 is 5.11 Å². The number of aliphatic hydroxyl groups excluding tert-OH is 1.